The smallest absolute Gasteiger partial charge is 0.227 e. The predicted octanol–water partition coefficient (Wildman–Crippen LogP) is 4.11. The Bertz CT molecular complexity index is 811. The summed E-state index contributed by atoms with van der Waals surface area (Å²) in [5.41, 5.74) is 1.74. The molecule has 1 aromatic carbocycles. The summed E-state index contributed by atoms with van der Waals surface area (Å²) in [6.07, 6.45) is 2.83. The lowest BCUT2D eigenvalue weighted by Gasteiger charge is -2.14. The molecule has 3 aromatic rings. The number of benzene rings is 1. The third-order valence-corrected chi connectivity index (χ3v) is 3.51. The van der Waals surface area contributed by atoms with E-state index in [-0.39, 0.29) is 11.7 Å². The van der Waals surface area contributed by atoms with Gasteiger partial charge in [-0.3, -0.25) is 0 Å². The largest absolute Gasteiger partial charge is 0.324 e. The number of aromatic nitrogens is 4. The van der Waals surface area contributed by atoms with E-state index in [2.05, 4.69) is 20.3 Å². The Labute approximate surface area is 134 Å². The van der Waals surface area contributed by atoms with Crippen LogP contribution >= 0.6 is 0 Å². The highest BCUT2D eigenvalue weighted by Crippen LogP contribution is 2.26. The summed E-state index contributed by atoms with van der Waals surface area (Å²) in [5.74, 6) is 0.706. The topological polar surface area (TPSA) is 55.6 Å². The number of nitrogens with one attached hydrogen (secondary N) is 1. The summed E-state index contributed by atoms with van der Waals surface area (Å²) in [6.45, 7) is 5.95. The Balaban J connectivity index is 2.02. The monoisotopic (exact) mass is 311 g/mol. The van der Waals surface area contributed by atoms with Crippen LogP contribution in [0.15, 0.2) is 42.7 Å². The molecule has 0 radical (unpaired) electrons. The van der Waals surface area contributed by atoms with Crippen molar-refractivity contribution in [3.8, 4) is 11.4 Å². The van der Waals surface area contributed by atoms with E-state index < -0.39 is 5.82 Å². The van der Waals surface area contributed by atoms with Crippen LogP contribution in [0.3, 0.4) is 0 Å². The van der Waals surface area contributed by atoms with E-state index in [4.69, 9.17) is 0 Å². The van der Waals surface area contributed by atoms with Crippen LogP contribution in [-0.4, -0.2) is 19.5 Å². The highest BCUT2D eigenvalue weighted by Gasteiger charge is 2.17. The Morgan fingerprint density at radius 2 is 1.83 bits per heavy atom. The first-order chi connectivity index (χ1) is 11.1. The first-order valence-corrected chi connectivity index (χ1v) is 7.45. The zero-order chi connectivity index (χ0) is 16.4. The van der Waals surface area contributed by atoms with Crippen molar-refractivity contribution >= 4 is 11.6 Å². The van der Waals surface area contributed by atoms with Crippen molar-refractivity contribution in [2.24, 2.45) is 0 Å². The lowest BCUT2D eigenvalue weighted by molar-refractivity contribution is 0.578. The van der Waals surface area contributed by atoms with E-state index in [9.17, 15) is 4.39 Å². The van der Waals surface area contributed by atoms with Gasteiger partial charge in [0.2, 0.25) is 5.95 Å². The molecule has 0 spiro atoms. The Morgan fingerprint density at radius 1 is 1.09 bits per heavy atom. The Hall–Kier alpha value is -2.76. The molecule has 6 heteroatoms. The summed E-state index contributed by atoms with van der Waals surface area (Å²) in [7, 11) is 0. The summed E-state index contributed by atoms with van der Waals surface area (Å²) in [5, 5.41) is 3.08. The zero-order valence-corrected chi connectivity index (χ0v) is 13.3. The van der Waals surface area contributed by atoms with Gasteiger partial charge in [-0.15, -0.1) is 0 Å². The maximum Gasteiger partial charge on any atom is 0.227 e. The van der Waals surface area contributed by atoms with Crippen molar-refractivity contribution in [2.45, 2.75) is 26.8 Å². The van der Waals surface area contributed by atoms with Gasteiger partial charge in [0.25, 0.3) is 0 Å². The van der Waals surface area contributed by atoms with Gasteiger partial charge in [-0.2, -0.15) is 0 Å². The molecule has 1 N–H and O–H groups in total. The maximum atomic E-state index is 14.3. The van der Waals surface area contributed by atoms with Crippen molar-refractivity contribution in [3.63, 3.8) is 0 Å². The van der Waals surface area contributed by atoms with E-state index in [0.717, 1.165) is 11.5 Å². The minimum Gasteiger partial charge on any atom is -0.324 e. The molecule has 0 saturated heterocycles. The number of para-hydroxylation sites is 1. The first-order valence-electron chi connectivity index (χ1n) is 7.45. The standard InChI is InChI=1S/C17H18FN5/c1-11(2)23-12(3)19-10-15(23)16-14(18)9-20-17(22-16)21-13-7-5-4-6-8-13/h4-11H,1-3H3,(H,20,21,22). The third-order valence-electron chi connectivity index (χ3n) is 3.51. The molecule has 0 fully saturated rings. The SMILES string of the molecule is Cc1ncc(-c2nc(Nc3ccccc3)ncc2F)n1C(C)C. The minimum absolute atomic E-state index is 0.160. The van der Waals surface area contributed by atoms with E-state index in [1.54, 1.807) is 6.20 Å². The fourth-order valence-corrected chi connectivity index (χ4v) is 2.54. The highest BCUT2D eigenvalue weighted by atomic mass is 19.1. The van der Waals surface area contributed by atoms with Crippen LogP contribution in [0.25, 0.3) is 11.4 Å². The molecule has 2 aromatic heterocycles. The average Bonchev–Trinajstić information content (AvgIpc) is 2.92. The molecule has 0 unspecified atom stereocenters. The second-order valence-electron chi connectivity index (χ2n) is 5.54. The van der Waals surface area contributed by atoms with Crippen LogP contribution < -0.4 is 5.32 Å². The van der Waals surface area contributed by atoms with Crippen LogP contribution in [0.2, 0.25) is 0 Å². The first kappa shape index (κ1) is 15.1. The molecule has 0 aliphatic rings. The van der Waals surface area contributed by atoms with Gasteiger partial charge in [0, 0.05) is 11.7 Å². The molecule has 0 saturated carbocycles. The van der Waals surface area contributed by atoms with E-state index >= 15 is 0 Å². The number of hydrogen-bond donors (Lipinski definition) is 1. The summed E-state index contributed by atoms with van der Waals surface area (Å²) >= 11 is 0. The second-order valence-corrected chi connectivity index (χ2v) is 5.54. The lowest BCUT2D eigenvalue weighted by Crippen LogP contribution is -2.08. The molecule has 5 nitrogen and oxygen atoms in total. The van der Waals surface area contributed by atoms with Crippen LogP contribution in [0.1, 0.15) is 25.7 Å². The third kappa shape index (κ3) is 3.06. The molecule has 0 aliphatic carbocycles. The molecule has 23 heavy (non-hydrogen) atoms. The summed E-state index contributed by atoms with van der Waals surface area (Å²) in [4.78, 5) is 12.6. The van der Waals surface area contributed by atoms with Crippen molar-refractivity contribution in [1.82, 2.24) is 19.5 Å². The van der Waals surface area contributed by atoms with Gasteiger partial charge in [0.1, 0.15) is 11.5 Å². The highest BCUT2D eigenvalue weighted by molar-refractivity contribution is 5.59. The number of rotatable bonds is 4. The Morgan fingerprint density at radius 3 is 2.52 bits per heavy atom. The fourth-order valence-electron chi connectivity index (χ4n) is 2.54. The van der Waals surface area contributed by atoms with Gasteiger partial charge < -0.3 is 9.88 Å². The van der Waals surface area contributed by atoms with Gasteiger partial charge in [0.05, 0.1) is 18.1 Å². The Kier molecular flexibility index (Phi) is 4.06. The number of halogens is 1. The van der Waals surface area contributed by atoms with Crippen LogP contribution in [0.4, 0.5) is 16.0 Å². The molecular weight excluding hydrogens is 293 g/mol. The van der Waals surface area contributed by atoms with Gasteiger partial charge in [-0.25, -0.2) is 19.3 Å². The van der Waals surface area contributed by atoms with Crippen LogP contribution in [-0.2, 0) is 0 Å². The van der Waals surface area contributed by atoms with Crippen molar-refractivity contribution in [3.05, 3.63) is 54.4 Å². The van der Waals surface area contributed by atoms with E-state index in [1.165, 1.54) is 6.20 Å². The lowest BCUT2D eigenvalue weighted by atomic mass is 10.2. The van der Waals surface area contributed by atoms with E-state index in [0.29, 0.717) is 11.6 Å². The van der Waals surface area contributed by atoms with Crippen molar-refractivity contribution in [1.29, 1.82) is 0 Å². The number of hydrogen-bond acceptors (Lipinski definition) is 4. The predicted molar refractivity (Wildman–Crippen MR) is 88.1 cm³/mol. The summed E-state index contributed by atoms with van der Waals surface area (Å²) < 4.78 is 16.2. The van der Waals surface area contributed by atoms with Gasteiger partial charge in [0.15, 0.2) is 5.82 Å². The molecule has 3 rings (SSSR count). The number of aryl methyl sites for hydroxylation is 1. The molecule has 2 heterocycles. The molecular formula is C17H18FN5. The van der Waals surface area contributed by atoms with Gasteiger partial charge in [-0.05, 0) is 32.9 Å². The van der Waals surface area contributed by atoms with Crippen LogP contribution in [0, 0.1) is 12.7 Å². The van der Waals surface area contributed by atoms with Crippen molar-refractivity contribution < 1.29 is 4.39 Å². The number of imidazole rings is 1. The van der Waals surface area contributed by atoms with Crippen molar-refractivity contribution in [2.75, 3.05) is 5.32 Å². The fraction of sp³-hybridized carbons (Fsp3) is 0.235. The van der Waals surface area contributed by atoms with Gasteiger partial charge >= 0.3 is 0 Å². The number of anilines is 2. The minimum atomic E-state index is -0.467. The normalized spacial score (nSPS) is 11.0. The molecule has 118 valence electrons. The summed E-state index contributed by atoms with van der Waals surface area (Å²) in [6, 6.07) is 9.69. The second kappa shape index (κ2) is 6.16. The maximum absolute atomic E-state index is 14.3. The quantitative estimate of drug-likeness (QED) is 0.787. The molecule has 0 atom stereocenters. The molecule has 0 amide bonds. The van der Waals surface area contributed by atoms with Crippen LogP contribution in [0.5, 0.6) is 0 Å². The molecule has 0 bridgehead atoms. The van der Waals surface area contributed by atoms with E-state index in [1.807, 2.05) is 55.7 Å². The average molecular weight is 311 g/mol. The zero-order valence-electron chi connectivity index (χ0n) is 13.3. The molecule has 0 aliphatic heterocycles. The van der Waals surface area contributed by atoms with Gasteiger partial charge in [-0.1, -0.05) is 18.2 Å². The number of nitrogens with zero attached hydrogens (tertiary/aromatic N) is 4.